The van der Waals surface area contributed by atoms with E-state index in [0.717, 1.165) is 68.2 Å². The number of nitrogens with zero attached hydrogens (tertiary/aromatic N) is 4. The maximum Gasteiger partial charge on any atom is 0.0468 e. The third-order valence-electron chi connectivity index (χ3n) is 15.1. The normalized spacial score (nSPS) is 11.3. The largest absolute Gasteiger partial charge is 0.310 e. The molecule has 0 radical (unpaired) electrons. The fraction of sp³-hybridized carbons (Fsp3) is 0. The summed E-state index contributed by atoms with van der Waals surface area (Å²) in [6.45, 7) is 0. The van der Waals surface area contributed by atoms with Crippen molar-refractivity contribution in [2.75, 3.05) is 19.6 Å². The quantitative estimate of drug-likeness (QED) is 0.113. The zero-order valence-corrected chi connectivity index (χ0v) is 42.8. The highest BCUT2D eigenvalue weighted by atomic mass is 15.2. The minimum Gasteiger partial charge on any atom is -0.310 e. The van der Waals surface area contributed by atoms with Crippen molar-refractivity contribution in [3.8, 4) is 0 Å². The van der Waals surface area contributed by atoms with Crippen LogP contribution in [0, 0.1) is 0 Å². The minimum absolute atomic E-state index is 1.07. The van der Waals surface area contributed by atoms with Crippen LogP contribution in [0.2, 0.25) is 0 Å². The second-order valence-electron chi connectivity index (χ2n) is 19.7. The summed E-state index contributed by atoms with van der Waals surface area (Å²) in [6, 6.07) is 114. The van der Waals surface area contributed by atoms with Gasteiger partial charge in [0.25, 0.3) is 0 Å². The van der Waals surface area contributed by atoms with Gasteiger partial charge in [-0.1, -0.05) is 170 Å². The van der Waals surface area contributed by atoms with Crippen LogP contribution in [-0.2, 0) is 0 Å². The Morgan fingerprint density at radius 2 is 0.282 bits per heavy atom. The number of rotatable bonds is 12. The van der Waals surface area contributed by atoms with Crippen molar-refractivity contribution in [3.05, 3.63) is 315 Å². The minimum atomic E-state index is 1.07. The predicted molar refractivity (Wildman–Crippen MR) is 333 cm³/mol. The molecule has 0 aromatic heterocycles. The fourth-order valence-corrected chi connectivity index (χ4v) is 11.7. The van der Waals surface area contributed by atoms with Gasteiger partial charge in [0, 0.05) is 68.2 Å². The van der Waals surface area contributed by atoms with E-state index >= 15 is 0 Å². The topological polar surface area (TPSA) is 13.0 Å². The second-order valence-corrected chi connectivity index (χ2v) is 19.7. The number of hydrogen-bond acceptors (Lipinski definition) is 4. The molecular formula is C74H52N4. The molecular weight excluding hydrogens is 945 g/mol. The van der Waals surface area contributed by atoms with E-state index in [9.17, 15) is 0 Å². The lowest BCUT2D eigenvalue weighted by molar-refractivity contribution is 1.29. The Morgan fingerprint density at radius 1 is 0.128 bits per heavy atom. The molecule has 0 aliphatic rings. The predicted octanol–water partition coefficient (Wildman–Crippen LogP) is 21.3. The molecule has 0 aliphatic heterocycles. The summed E-state index contributed by atoms with van der Waals surface area (Å²) in [5.41, 5.74) is 13.0. The van der Waals surface area contributed by atoms with Gasteiger partial charge in [0.15, 0.2) is 0 Å². The van der Waals surface area contributed by atoms with Crippen LogP contribution < -0.4 is 19.6 Å². The Bertz CT molecular complexity index is 3680. The maximum absolute atomic E-state index is 2.44. The van der Waals surface area contributed by atoms with Crippen molar-refractivity contribution >= 4 is 122 Å². The van der Waals surface area contributed by atoms with Gasteiger partial charge in [-0.15, -0.1) is 0 Å². The Hall–Kier alpha value is -10.4. The number of hydrogen-bond donors (Lipinski definition) is 0. The van der Waals surface area contributed by atoms with Gasteiger partial charge in [0.2, 0.25) is 0 Å². The first-order chi connectivity index (χ1) is 38.7. The summed E-state index contributed by atoms with van der Waals surface area (Å²) >= 11 is 0. The fourth-order valence-electron chi connectivity index (χ4n) is 11.7. The first-order valence-corrected chi connectivity index (χ1v) is 26.7. The van der Waals surface area contributed by atoms with Crippen LogP contribution in [0.1, 0.15) is 0 Å². The van der Waals surface area contributed by atoms with E-state index in [1.165, 1.54) is 53.9 Å². The van der Waals surface area contributed by atoms with Gasteiger partial charge < -0.3 is 19.6 Å². The summed E-state index contributed by atoms with van der Waals surface area (Å²) in [7, 11) is 0. The number of para-hydroxylation sites is 8. The SMILES string of the molecule is c1ccc(N(c2ccccc2)c2ccc3c4ccc(N(c5ccccc5)c5ccccc5)cc4c4c5cc(N(c6ccccc6)c6ccccc6)ccc5c5ccc(N(c6ccccc6)c6ccccc6)cc5c4c3c2)cc1. The average molecular weight is 997 g/mol. The number of benzene rings is 14. The van der Waals surface area contributed by atoms with E-state index in [2.05, 4.69) is 335 Å². The van der Waals surface area contributed by atoms with E-state index in [0.29, 0.717) is 0 Å². The van der Waals surface area contributed by atoms with Crippen molar-refractivity contribution in [2.24, 2.45) is 0 Å². The number of fused-ring (bicyclic) bond motifs is 11. The molecule has 0 aliphatic carbocycles. The van der Waals surface area contributed by atoms with Crippen molar-refractivity contribution in [2.45, 2.75) is 0 Å². The molecule has 14 aromatic rings. The highest BCUT2D eigenvalue weighted by Crippen LogP contribution is 2.50. The van der Waals surface area contributed by atoms with Crippen LogP contribution in [0.25, 0.3) is 53.9 Å². The molecule has 0 heterocycles. The van der Waals surface area contributed by atoms with Gasteiger partial charge in [0.05, 0.1) is 0 Å². The van der Waals surface area contributed by atoms with E-state index in [1.807, 2.05) is 0 Å². The standard InChI is InChI=1S/C74H52N4/c1-9-25-53(26-10-1)75(54-27-11-2-12-28-54)61-41-45-65-66-46-42-63(77(57-33-17-5-18-34-57)58-35-19-6-20-36-58)51-71(66)74-72-52-64(78(59-37-21-7-22-38-59)60-39-23-8-24-40-60)44-48-68(72)67-47-43-62(50-70(67)73(74)69(65)49-61)76(55-29-13-3-14-30-55)56-31-15-4-16-32-56/h1-52H. The summed E-state index contributed by atoms with van der Waals surface area (Å²) in [6.07, 6.45) is 0. The summed E-state index contributed by atoms with van der Waals surface area (Å²) in [4.78, 5) is 9.53. The lowest BCUT2D eigenvalue weighted by Gasteiger charge is -2.28. The monoisotopic (exact) mass is 996 g/mol. The van der Waals surface area contributed by atoms with Gasteiger partial charge in [-0.2, -0.15) is 0 Å². The molecule has 0 N–H and O–H groups in total. The first kappa shape index (κ1) is 46.1. The van der Waals surface area contributed by atoms with Crippen molar-refractivity contribution in [1.82, 2.24) is 0 Å². The van der Waals surface area contributed by atoms with Crippen LogP contribution in [-0.4, -0.2) is 0 Å². The maximum atomic E-state index is 2.44. The molecule has 368 valence electrons. The van der Waals surface area contributed by atoms with Gasteiger partial charge in [-0.25, -0.2) is 0 Å². The van der Waals surface area contributed by atoms with Crippen LogP contribution in [0.15, 0.2) is 315 Å². The molecule has 78 heavy (non-hydrogen) atoms. The highest BCUT2D eigenvalue weighted by molar-refractivity contribution is 6.40. The van der Waals surface area contributed by atoms with Crippen molar-refractivity contribution in [3.63, 3.8) is 0 Å². The molecule has 0 fully saturated rings. The van der Waals surface area contributed by atoms with E-state index in [1.54, 1.807) is 0 Å². The summed E-state index contributed by atoms with van der Waals surface area (Å²) in [5, 5.41) is 11.8. The Morgan fingerprint density at radius 3 is 0.436 bits per heavy atom. The molecule has 0 amide bonds. The van der Waals surface area contributed by atoms with E-state index < -0.39 is 0 Å². The lowest BCUT2D eigenvalue weighted by atomic mass is 9.86. The average Bonchev–Trinajstić information content (AvgIpc) is 3.63. The summed E-state index contributed by atoms with van der Waals surface area (Å²) < 4.78 is 0. The van der Waals surface area contributed by atoms with Crippen LogP contribution in [0.3, 0.4) is 0 Å². The van der Waals surface area contributed by atoms with Gasteiger partial charge in [0.1, 0.15) is 0 Å². The number of anilines is 12. The molecule has 0 atom stereocenters. The van der Waals surface area contributed by atoms with Crippen molar-refractivity contribution in [1.29, 1.82) is 0 Å². The molecule has 0 unspecified atom stereocenters. The second kappa shape index (κ2) is 20.0. The molecule has 0 saturated heterocycles. The Balaban J connectivity index is 1.16. The summed E-state index contributed by atoms with van der Waals surface area (Å²) in [5.74, 6) is 0. The molecule has 14 aromatic carbocycles. The molecule has 4 nitrogen and oxygen atoms in total. The van der Waals surface area contributed by atoms with Crippen LogP contribution >= 0.6 is 0 Å². The molecule has 0 bridgehead atoms. The van der Waals surface area contributed by atoms with E-state index in [4.69, 9.17) is 0 Å². The third kappa shape index (κ3) is 8.30. The van der Waals surface area contributed by atoms with Gasteiger partial charge in [-0.05, 0) is 199 Å². The van der Waals surface area contributed by atoms with Gasteiger partial charge in [-0.3, -0.25) is 0 Å². The molecule has 0 saturated carbocycles. The third-order valence-corrected chi connectivity index (χ3v) is 15.1. The van der Waals surface area contributed by atoms with Crippen LogP contribution in [0.5, 0.6) is 0 Å². The molecule has 4 heteroatoms. The first-order valence-electron chi connectivity index (χ1n) is 26.7. The van der Waals surface area contributed by atoms with Crippen LogP contribution in [0.4, 0.5) is 68.2 Å². The Kier molecular flexibility index (Phi) is 11.8. The van der Waals surface area contributed by atoms with Gasteiger partial charge >= 0.3 is 0 Å². The van der Waals surface area contributed by atoms with Crippen molar-refractivity contribution < 1.29 is 0 Å². The zero-order chi connectivity index (χ0) is 51.8. The zero-order valence-electron chi connectivity index (χ0n) is 42.8. The van der Waals surface area contributed by atoms with E-state index in [-0.39, 0.29) is 0 Å². The smallest absolute Gasteiger partial charge is 0.0468 e. The molecule has 0 spiro atoms. The Labute approximate surface area is 454 Å². The highest BCUT2D eigenvalue weighted by Gasteiger charge is 2.24. The molecule has 14 rings (SSSR count). The lowest BCUT2D eigenvalue weighted by Crippen LogP contribution is -2.10.